The Morgan fingerprint density at radius 3 is 2.04 bits per heavy atom. The molecule has 0 unspecified atom stereocenters. The lowest BCUT2D eigenvalue weighted by Gasteiger charge is -2.19. The van der Waals surface area contributed by atoms with Gasteiger partial charge in [0.15, 0.2) is 0 Å². The summed E-state index contributed by atoms with van der Waals surface area (Å²) in [5.41, 5.74) is 8.53. The lowest BCUT2D eigenvalue weighted by Crippen LogP contribution is -2.21. The molecule has 0 saturated heterocycles. The van der Waals surface area contributed by atoms with Crippen molar-refractivity contribution in [3.05, 3.63) is 75.0 Å². The molecule has 0 heterocycles. The summed E-state index contributed by atoms with van der Waals surface area (Å²) in [6.45, 7) is 14.2. The standard InChI is InChI=1S/C24H29NO2S/c1-8-27-24(26)21(19(7)25-22-15(3)10-9-11-16(22)4)23(28)20-17(5)12-14(2)13-18(20)6/h9-13,25H,8H2,1-7H3/b21-19+. The Morgan fingerprint density at radius 2 is 1.54 bits per heavy atom. The topological polar surface area (TPSA) is 38.3 Å². The van der Waals surface area contributed by atoms with Crippen molar-refractivity contribution in [2.24, 2.45) is 0 Å². The number of aryl methyl sites for hydroxylation is 5. The SMILES string of the molecule is CCOC(=O)/C(C(=S)c1c(C)cc(C)cc1C)=C(\C)Nc1c(C)cccc1C. The molecule has 3 nitrogen and oxygen atoms in total. The van der Waals surface area contributed by atoms with E-state index in [4.69, 9.17) is 17.0 Å². The summed E-state index contributed by atoms with van der Waals surface area (Å²) in [4.78, 5) is 13.4. The van der Waals surface area contributed by atoms with Gasteiger partial charge in [-0.15, -0.1) is 0 Å². The fourth-order valence-corrected chi connectivity index (χ4v) is 4.10. The molecule has 4 heteroatoms. The van der Waals surface area contributed by atoms with Gasteiger partial charge in [-0.2, -0.15) is 0 Å². The zero-order chi connectivity index (χ0) is 21.0. The van der Waals surface area contributed by atoms with Gasteiger partial charge in [0.2, 0.25) is 0 Å². The Labute approximate surface area is 173 Å². The van der Waals surface area contributed by atoms with Crippen LogP contribution in [0.15, 0.2) is 41.6 Å². The molecule has 0 fully saturated rings. The van der Waals surface area contributed by atoms with Crippen molar-refractivity contribution in [1.29, 1.82) is 0 Å². The van der Waals surface area contributed by atoms with Gasteiger partial charge in [-0.05, 0) is 76.3 Å². The van der Waals surface area contributed by atoms with Crippen LogP contribution in [0.3, 0.4) is 0 Å². The van der Waals surface area contributed by atoms with E-state index in [1.165, 1.54) is 5.56 Å². The quantitative estimate of drug-likeness (QED) is 0.286. The third-order valence-corrected chi connectivity index (χ3v) is 5.19. The maximum absolute atomic E-state index is 12.8. The molecule has 1 N–H and O–H groups in total. The van der Waals surface area contributed by atoms with Gasteiger partial charge in [0.05, 0.1) is 17.0 Å². The van der Waals surface area contributed by atoms with E-state index in [0.717, 1.165) is 33.5 Å². The molecule has 0 aliphatic carbocycles. The molecule has 0 bridgehead atoms. The van der Waals surface area contributed by atoms with Crippen LogP contribution in [0.25, 0.3) is 0 Å². The first-order valence-corrected chi connectivity index (χ1v) is 9.92. The third kappa shape index (κ3) is 4.68. The van der Waals surface area contributed by atoms with Gasteiger partial charge < -0.3 is 10.1 Å². The summed E-state index contributed by atoms with van der Waals surface area (Å²) in [5.74, 6) is -0.400. The van der Waals surface area contributed by atoms with Crippen molar-refractivity contribution in [3.8, 4) is 0 Å². The second kappa shape index (κ2) is 9.16. The second-order valence-electron chi connectivity index (χ2n) is 7.22. The molecule has 2 aromatic rings. The zero-order valence-electron chi connectivity index (χ0n) is 17.8. The number of esters is 1. The minimum atomic E-state index is -0.400. The smallest absolute Gasteiger partial charge is 0.341 e. The number of carbonyl (C=O) groups is 1. The molecule has 0 saturated carbocycles. The molecule has 148 valence electrons. The van der Waals surface area contributed by atoms with Gasteiger partial charge in [0, 0.05) is 11.4 Å². The van der Waals surface area contributed by atoms with E-state index in [1.807, 2.05) is 52.8 Å². The number of carbonyl (C=O) groups excluding carboxylic acids is 1. The number of anilines is 1. The van der Waals surface area contributed by atoms with E-state index in [1.54, 1.807) is 6.92 Å². The fourth-order valence-electron chi connectivity index (χ4n) is 3.54. The van der Waals surface area contributed by atoms with E-state index in [-0.39, 0.29) is 0 Å². The normalized spacial score (nSPS) is 11.7. The van der Waals surface area contributed by atoms with Crippen LogP contribution < -0.4 is 5.32 Å². The maximum Gasteiger partial charge on any atom is 0.341 e. The molecule has 0 aliphatic heterocycles. The van der Waals surface area contributed by atoms with E-state index in [9.17, 15) is 4.79 Å². The number of ether oxygens (including phenoxy) is 1. The number of hydrogen-bond donors (Lipinski definition) is 1. The molecular weight excluding hydrogens is 366 g/mol. The van der Waals surface area contributed by atoms with Crippen molar-refractivity contribution in [2.75, 3.05) is 11.9 Å². The summed E-state index contributed by atoms with van der Waals surface area (Å²) in [6.07, 6.45) is 0. The first-order chi connectivity index (χ1) is 13.2. The molecule has 0 atom stereocenters. The van der Waals surface area contributed by atoms with Crippen LogP contribution in [0.5, 0.6) is 0 Å². The van der Waals surface area contributed by atoms with Crippen molar-refractivity contribution in [1.82, 2.24) is 0 Å². The Kier molecular flexibility index (Phi) is 7.14. The van der Waals surface area contributed by atoms with E-state index < -0.39 is 5.97 Å². The lowest BCUT2D eigenvalue weighted by atomic mass is 9.93. The summed E-state index contributed by atoms with van der Waals surface area (Å²) >= 11 is 5.81. The van der Waals surface area contributed by atoms with Crippen LogP contribution in [0.1, 0.15) is 47.2 Å². The number of rotatable bonds is 6. The largest absolute Gasteiger partial charge is 0.462 e. The molecule has 0 radical (unpaired) electrons. The Bertz CT molecular complexity index is 914. The molecule has 2 aromatic carbocycles. The van der Waals surface area contributed by atoms with Gasteiger partial charge >= 0.3 is 5.97 Å². The first-order valence-electron chi connectivity index (χ1n) is 9.51. The average molecular weight is 396 g/mol. The number of benzene rings is 2. The minimum Gasteiger partial charge on any atom is -0.462 e. The highest BCUT2D eigenvalue weighted by molar-refractivity contribution is 7.81. The predicted molar refractivity (Wildman–Crippen MR) is 121 cm³/mol. The summed E-state index contributed by atoms with van der Waals surface area (Å²) in [7, 11) is 0. The number of nitrogens with one attached hydrogen (secondary N) is 1. The fraction of sp³-hybridized carbons (Fsp3) is 0.333. The van der Waals surface area contributed by atoms with Crippen LogP contribution in [-0.4, -0.2) is 17.4 Å². The number of allylic oxidation sites excluding steroid dienone is 1. The Hall–Kier alpha value is -2.46. The Morgan fingerprint density at radius 1 is 1.00 bits per heavy atom. The first kappa shape index (κ1) is 21.8. The van der Waals surface area contributed by atoms with Gasteiger partial charge in [0.1, 0.15) is 0 Å². The zero-order valence-corrected chi connectivity index (χ0v) is 18.6. The van der Waals surface area contributed by atoms with Gasteiger partial charge in [-0.25, -0.2) is 4.79 Å². The van der Waals surface area contributed by atoms with Gasteiger partial charge in [0.25, 0.3) is 0 Å². The van der Waals surface area contributed by atoms with Crippen LogP contribution >= 0.6 is 12.2 Å². The van der Waals surface area contributed by atoms with E-state index >= 15 is 0 Å². The molecule has 0 aliphatic rings. The minimum absolute atomic E-state index is 0.299. The van der Waals surface area contributed by atoms with E-state index in [0.29, 0.717) is 22.7 Å². The maximum atomic E-state index is 12.8. The van der Waals surface area contributed by atoms with Gasteiger partial charge in [-0.1, -0.05) is 48.1 Å². The van der Waals surface area contributed by atoms with Crippen molar-refractivity contribution < 1.29 is 9.53 Å². The average Bonchev–Trinajstić information content (AvgIpc) is 2.57. The van der Waals surface area contributed by atoms with Crippen LogP contribution in [-0.2, 0) is 9.53 Å². The summed E-state index contributed by atoms with van der Waals surface area (Å²) in [5, 5.41) is 3.41. The van der Waals surface area contributed by atoms with Crippen LogP contribution in [0.2, 0.25) is 0 Å². The molecule has 0 aromatic heterocycles. The summed E-state index contributed by atoms with van der Waals surface area (Å²) < 4.78 is 5.35. The van der Waals surface area contributed by atoms with Crippen molar-refractivity contribution in [3.63, 3.8) is 0 Å². The van der Waals surface area contributed by atoms with Crippen LogP contribution in [0.4, 0.5) is 5.69 Å². The number of thiocarbonyl (C=S) groups is 1. The molecule has 2 rings (SSSR count). The number of hydrogen-bond acceptors (Lipinski definition) is 4. The molecule has 0 amide bonds. The molecular formula is C24H29NO2S. The summed E-state index contributed by atoms with van der Waals surface area (Å²) in [6, 6.07) is 10.3. The van der Waals surface area contributed by atoms with E-state index in [2.05, 4.69) is 24.4 Å². The van der Waals surface area contributed by atoms with Crippen molar-refractivity contribution >= 4 is 28.7 Å². The lowest BCUT2D eigenvalue weighted by molar-refractivity contribution is -0.137. The third-order valence-electron chi connectivity index (χ3n) is 4.78. The second-order valence-corrected chi connectivity index (χ2v) is 7.62. The highest BCUT2D eigenvalue weighted by atomic mass is 32.1. The molecule has 0 spiro atoms. The molecule has 28 heavy (non-hydrogen) atoms. The highest BCUT2D eigenvalue weighted by Gasteiger charge is 2.24. The highest BCUT2D eigenvalue weighted by Crippen LogP contribution is 2.26. The van der Waals surface area contributed by atoms with Gasteiger partial charge in [-0.3, -0.25) is 0 Å². The van der Waals surface area contributed by atoms with Crippen molar-refractivity contribution in [2.45, 2.75) is 48.5 Å². The number of para-hydroxylation sites is 1. The monoisotopic (exact) mass is 395 g/mol. The Balaban J connectivity index is 2.60. The van der Waals surface area contributed by atoms with Crippen LogP contribution in [0, 0.1) is 34.6 Å². The predicted octanol–water partition coefficient (Wildman–Crippen LogP) is 5.90.